The van der Waals surface area contributed by atoms with E-state index in [-0.39, 0.29) is 28.5 Å². The Morgan fingerprint density at radius 2 is 2.30 bits per heavy atom. The van der Waals surface area contributed by atoms with E-state index in [4.69, 9.17) is 9.52 Å². The zero-order chi connectivity index (χ0) is 14.8. The van der Waals surface area contributed by atoms with Crippen LogP contribution >= 0.6 is 27.3 Å². The Labute approximate surface area is 129 Å². The number of thiazole rings is 1. The van der Waals surface area contributed by atoms with Crippen molar-refractivity contribution >= 4 is 37.3 Å². The van der Waals surface area contributed by atoms with E-state index in [0.29, 0.717) is 6.42 Å². The van der Waals surface area contributed by atoms with Crippen molar-refractivity contribution in [1.29, 1.82) is 0 Å². The van der Waals surface area contributed by atoms with Crippen molar-refractivity contribution in [2.75, 3.05) is 6.54 Å². The van der Waals surface area contributed by atoms with Gasteiger partial charge in [0.2, 0.25) is 10.0 Å². The molecule has 2 aromatic heterocycles. The molecule has 0 spiro atoms. The van der Waals surface area contributed by atoms with Crippen LogP contribution in [0.15, 0.2) is 25.4 Å². The third kappa shape index (κ3) is 3.67. The second-order valence-electron chi connectivity index (χ2n) is 4.01. The number of furan rings is 1. The SMILES string of the molecule is Cc1nc(CCNS(=O)(=O)c2cc(CO)oc2Br)cs1. The number of aromatic nitrogens is 1. The Bertz CT molecular complexity index is 693. The van der Waals surface area contributed by atoms with Crippen molar-refractivity contribution < 1.29 is 17.9 Å². The third-order valence-corrected chi connectivity index (χ3v) is 5.63. The van der Waals surface area contributed by atoms with Crippen LogP contribution in [-0.2, 0) is 23.1 Å². The molecule has 0 radical (unpaired) electrons. The fourth-order valence-electron chi connectivity index (χ4n) is 1.57. The number of hydrogen-bond acceptors (Lipinski definition) is 6. The van der Waals surface area contributed by atoms with Crippen molar-refractivity contribution in [3.8, 4) is 0 Å². The fourth-order valence-corrected chi connectivity index (χ4v) is 4.25. The molecule has 2 aromatic rings. The van der Waals surface area contributed by atoms with Crippen molar-refractivity contribution in [3.63, 3.8) is 0 Å². The minimum atomic E-state index is -3.67. The summed E-state index contributed by atoms with van der Waals surface area (Å²) in [5.74, 6) is 0.187. The highest BCUT2D eigenvalue weighted by molar-refractivity contribution is 9.10. The van der Waals surface area contributed by atoms with E-state index < -0.39 is 10.0 Å². The van der Waals surface area contributed by atoms with Gasteiger partial charge in [-0.1, -0.05) is 0 Å². The van der Waals surface area contributed by atoms with Crippen molar-refractivity contribution in [2.45, 2.75) is 24.8 Å². The largest absolute Gasteiger partial charge is 0.450 e. The zero-order valence-corrected chi connectivity index (χ0v) is 13.8. The number of sulfonamides is 1. The molecule has 0 bridgehead atoms. The molecule has 0 aliphatic heterocycles. The third-order valence-electron chi connectivity index (χ3n) is 2.49. The van der Waals surface area contributed by atoms with Crippen molar-refractivity contribution in [2.24, 2.45) is 0 Å². The van der Waals surface area contributed by atoms with Gasteiger partial charge in [0.1, 0.15) is 17.3 Å². The average Bonchev–Trinajstić information content (AvgIpc) is 2.95. The summed E-state index contributed by atoms with van der Waals surface area (Å²) in [5.41, 5.74) is 0.859. The van der Waals surface area contributed by atoms with E-state index in [1.807, 2.05) is 12.3 Å². The van der Waals surface area contributed by atoms with Gasteiger partial charge in [-0.2, -0.15) is 0 Å². The van der Waals surface area contributed by atoms with Crippen LogP contribution in [0.1, 0.15) is 16.5 Å². The predicted molar refractivity (Wildman–Crippen MR) is 78.1 cm³/mol. The van der Waals surface area contributed by atoms with Gasteiger partial charge in [-0.15, -0.1) is 11.3 Å². The van der Waals surface area contributed by atoms with Crippen LogP contribution in [-0.4, -0.2) is 25.1 Å². The molecule has 0 saturated heterocycles. The second kappa shape index (κ2) is 6.35. The molecule has 0 aliphatic rings. The zero-order valence-electron chi connectivity index (χ0n) is 10.6. The van der Waals surface area contributed by atoms with Gasteiger partial charge in [0.15, 0.2) is 4.67 Å². The summed E-state index contributed by atoms with van der Waals surface area (Å²) in [6.07, 6.45) is 0.520. The molecular weight excluding hydrogens is 368 g/mol. The summed E-state index contributed by atoms with van der Waals surface area (Å²) in [7, 11) is -3.67. The van der Waals surface area contributed by atoms with E-state index in [9.17, 15) is 8.42 Å². The number of rotatable bonds is 6. The maximum atomic E-state index is 12.1. The van der Waals surface area contributed by atoms with E-state index in [2.05, 4.69) is 25.6 Å². The molecule has 20 heavy (non-hydrogen) atoms. The van der Waals surface area contributed by atoms with E-state index in [1.165, 1.54) is 17.4 Å². The van der Waals surface area contributed by atoms with Crippen molar-refractivity contribution in [1.82, 2.24) is 9.71 Å². The van der Waals surface area contributed by atoms with E-state index in [0.717, 1.165) is 10.7 Å². The summed E-state index contributed by atoms with van der Waals surface area (Å²) < 4.78 is 31.8. The first-order valence-electron chi connectivity index (χ1n) is 5.72. The van der Waals surface area contributed by atoms with Crippen molar-refractivity contribution in [3.05, 3.63) is 32.6 Å². The maximum Gasteiger partial charge on any atom is 0.244 e. The topological polar surface area (TPSA) is 92.4 Å². The number of aliphatic hydroxyl groups is 1. The summed E-state index contributed by atoms with van der Waals surface area (Å²) in [5, 5.41) is 11.8. The molecule has 0 amide bonds. The molecule has 2 rings (SSSR count). The number of aliphatic hydroxyl groups excluding tert-OH is 1. The lowest BCUT2D eigenvalue weighted by atomic mass is 10.3. The molecule has 0 fully saturated rings. The molecular formula is C11H13BrN2O4S2. The molecule has 0 aliphatic carbocycles. The number of halogens is 1. The first kappa shape index (κ1) is 15.6. The van der Waals surface area contributed by atoms with Crippen LogP contribution < -0.4 is 4.72 Å². The molecule has 0 saturated carbocycles. The molecule has 0 atom stereocenters. The summed E-state index contributed by atoms with van der Waals surface area (Å²) in [6.45, 7) is 1.79. The first-order valence-corrected chi connectivity index (χ1v) is 8.87. The maximum absolute atomic E-state index is 12.1. The van der Waals surface area contributed by atoms with Crippen LogP contribution in [0.25, 0.3) is 0 Å². The Balaban J connectivity index is 2.01. The van der Waals surface area contributed by atoms with Gasteiger partial charge in [-0.05, 0) is 22.9 Å². The summed E-state index contributed by atoms with van der Waals surface area (Å²) >= 11 is 4.56. The Kier molecular flexibility index (Phi) is 4.97. The highest BCUT2D eigenvalue weighted by Gasteiger charge is 2.21. The number of nitrogens with zero attached hydrogens (tertiary/aromatic N) is 1. The minimum absolute atomic E-state index is 0.0176. The lowest BCUT2D eigenvalue weighted by Crippen LogP contribution is -2.26. The second-order valence-corrected chi connectivity index (χ2v) is 7.53. The van der Waals surface area contributed by atoms with Crippen LogP contribution in [0, 0.1) is 6.92 Å². The lowest BCUT2D eigenvalue weighted by molar-refractivity contribution is 0.245. The average molecular weight is 381 g/mol. The van der Waals surface area contributed by atoms with E-state index in [1.54, 1.807) is 0 Å². The van der Waals surface area contributed by atoms with Gasteiger partial charge >= 0.3 is 0 Å². The standard InChI is InChI=1S/C11H13BrN2O4S2/c1-7-14-8(6-19-7)2-3-13-20(16,17)10-4-9(5-15)18-11(10)12/h4,6,13,15H,2-3,5H2,1H3. The quantitative estimate of drug-likeness (QED) is 0.797. The lowest BCUT2D eigenvalue weighted by Gasteiger charge is -2.03. The first-order chi connectivity index (χ1) is 9.42. The van der Waals surface area contributed by atoms with Crippen LogP contribution in [0.2, 0.25) is 0 Å². The molecule has 6 nitrogen and oxygen atoms in total. The summed E-state index contributed by atoms with van der Waals surface area (Å²) in [4.78, 5) is 4.24. The Morgan fingerprint density at radius 1 is 1.55 bits per heavy atom. The molecule has 0 aromatic carbocycles. The fraction of sp³-hybridized carbons (Fsp3) is 0.364. The summed E-state index contributed by atoms with van der Waals surface area (Å²) in [6, 6.07) is 1.29. The van der Waals surface area contributed by atoms with Gasteiger partial charge in [0.25, 0.3) is 0 Å². The van der Waals surface area contributed by atoms with Gasteiger partial charge in [-0.3, -0.25) is 0 Å². The molecule has 2 N–H and O–H groups in total. The van der Waals surface area contributed by atoms with Gasteiger partial charge < -0.3 is 9.52 Å². The van der Waals surface area contributed by atoms with Gasteiger partial charge in [-0.25, -0.2) is 18.1 Å². The highest BCUT2D eigenvalue weighted by Crippen LogP contribution is 2.25. The highest BCUT2D eigenvalue weighted by atomic mass is 79.9. The predicted octanol–water partition coefficient (Wildman–Crippen LogP) is 1.82. The molecule has 110 valence electrons. The normalized spacial score (nSPS) is 11.9. The molecule has 0 unspecified atom stereocenters. The molecule has 2 heterocycles. The monoisotopic (exact) mass is 380 g/mol. The Morgan fingerprint density at radius 3 is 2.85 bits per heavy atom. The van der Waals surface area contributed by atoms with E-state index >= 15 is 0 Å². The number of nitrogens with one attached hydrogen (secondary N) is 1. The van der Waals surface area contributed by atoms with Gasteiger partial charge in [0.05, 0.1) is 10.7 Å². The molecule has 9 heteroatoms. The van der Waals surface area contributed by atoms with Crippen LogP contribution in [0.3, 0.4) is 0 Å². The van der Waals surface area contributed by atoms with Crippen LogP contribution in [0.4, 0.5) is 0 Å². The Hall–Kier alpha value is -0.740. The number of aryl methyl sites for hydroxylation is 1. The minimum Gasteiger partial charge on any atom is -0.450 e. The smallest absolute Gasteiger partial charge is 0.244 e. The van der Waals surface area contributed by atoms with Gasteiger partial charge in [0, 0.05) is 24.4 Å². The number of hydrogen-bond donors (Lipinski definition) is 2. The van der Waals surface area contributed by atoms with Crippen LogP contribution in [0.5, 0.6) is 0 Å².